The lowest BCUT2D eigenvalue weighted by Gasteiger charge is -2.10. The molecule has 0 bridgehead atoms. The van der Waals surface area contributed by atoms with Gasteiger partial charge in [0, 0.05) is 10.7 Å². The van der Waals surface area contributed by atoms with E-state index in [1.165, 1.54) is 0 Å². The molecule has 0 aliphatic heterocycles. The van der Waals surface area contributed by atoms with Gasteiger partial charge in [-0.15, -0.1) is 0 Å². The van der Waals surface area contributed by atoms with Crippen LogP contribution in [0, 0.1) is 13.8 Å². The highest BCUT2D eigenvalue weighted by atomic mass is 35.5. The quantitative estimate of drug-likeness (QED) is 0.647. The highest BCUT2D eigenvalue weighted by molar-refractivity contribution is 6.30. The van der Waals surface area contributed by atoms with Gasteiger partial charge in [0.25, 0.3) is 0 Å². The van der Waals surface area contributed by atoms with Crippen molar-refractivity contribution in [3.8, 4) is 0 Å². The molecule has 1 aromatic heterocycles. The number of carbonyl (C=O) groups excluding carboxylic acids is 1. The SMILES string of the molecule is Cc1cccc(CC(=O)Nc2ccc(Nc3ccc(Cl)cc3C)nc2)c1. The predicted octanol–water partition coefficient (Wildman–Crippen LogP) is 5.28. The zero-order valence-corrected chi connectivity index (χ0v) is 15.5. The highest BCUT2D eigenvalue weighted by Crippen LogP contribution is 2.23. The second kappa shape index (κ2) is 8.02. The third-order valence-corrected chi connectivity index (χ3v) is 4.18. The predicted molar refractivity (Wildman–Crippen MR) is 107 cm³/mol. The molecule has 0 saturated carbocycles. The van der Waals surface area contributed by atoms with Crippen molar-refractivity contribution >= 4 is 34.7 Å². The van der Waals surface area contributed by atoms with Crippen LogP contribution >= 0.6 is 11.6 Å². The van der Waals surface area contributed by atoms with Crippen molar-refractivity contribution < 1.29 is 4.79 Å². The summed E-state index contributed by atoms with van der Waals surface area (Å²) in [5, 5.41) is 6.82. The molecular weight excluding hydrogens is 346 g/mol. The van der Waals surface area contributed by atoms with E-state index >= 15 is 0 Å². The topological polar surface area (TPSA) is 54.0 Å². The number of carbonyl (C=O) groups is 1. The summed E-state index contributed by atoms with van der Waals surface area (Å²) in [6.45, 7) is 3.99. The maximum Gasteiger partial charge on any atom is 0.228 e. The molecule has 0 aliphatic carbocycles. The highest BCUT2D eigenvalue weighted by Gasteiger charge is 2.06. The molecule has 0 radical (unpaired) electrons. The summed E-state index contributed by atoms with van der Waals surface area (Å²) in [5.74, 6) is 0.638. The minimum absolute atomic E-state index is 0.0633. The van der Waals surface area contributed by atoms with Crippen LogP contribution in [0.1, 0.15) is 16.7 Å². The average molecular weight is 366 g/mol. The number of benzene rings is 2. The average Bonchev–Trinajstić information content (AvgIpc) is 2.59. The zero-order valence-electron chi connectivity index (χ0n) is 14.7. The summed E-state index contributed by atoms with van der Waals surface area (Å²) >= 11 is 5.97. The summed E-state index contributed by atoms with van der Waals surface area (Å²) in [7, 11) is 0. The van der Waals surface area contributed by atoms with Gasteiger partial charge in [-0.25, -0.2) is 4.98 Å². The second-order valence-electron chi connectivity index (χ2n) is 6.23. The van der Waals surface area contributed by atoms with E-state index in [2.05, 4.69) is 15.6 Å². The Morgan fingerprint density at radius 3 is 2.62 bits per heavy atom. The lowest BCUT2D eigenvalue weighted by Crippen LogP contribution is -2.14. The zero-order chi connectivity index (χ0) is 18.5. The van der Waals surface area contributed by atoms with Gasteiger partial charge in [0.2, 0.25) is 5.91 Å². The number of halogens is 1. The summed E-state index contributed by atoms with van der Waals surface area (Å²) < 4.78 is 0. The first-order chi connectivity index (χ1) is 12.5. The molecule has 4 nitrogen and oxygen atoms in total. The van der Waals surface area contributed by atoms with Crippen molar-refractivity contribution in [2.45, 2.75) is 20.3 Å². The molecule has 0 fully saturated rings. The Morgan fingerprint density at radius 1 is 1.08 bits per heavy atom. The van der Waals surface area contributed by atoms with Crippen LogP contribution in [-0.2, 0) is 11.2 Å². The Labute approximate surface area is 158 Å². The van der Waals surface area contributed by atoms with Crippen molar-refractivity contribution in [1.29, 1.82) is 0 Å². The Kier molecular flexibility index (Phi) is 5.54. The fourth-order valence-electron chi connectivity index (χ4n) is 2.66. The minimum atomic E-state index is -0.0633. The van der Waals surface area contributed by atoms with Gasteiger partial charge in [-0.05, 0) is 55.3 Å². The normalized spacial score (nSPS) is 10.4. The second-order valence-corrected chi connectivity index (χ2v) is 6.67. The van der Waals surface area contributed by atoms with Gasteiger partial charge in [-0.2, -0.15) is 0 Å². The Bertz CT molecular complexity index is 923. The summed E-state index contributed by atoms with van der Waals surface area (Å²) in [4.78, 5) is 16.5. The van der Waals surface area contributed by atoms with Gasteiger partial charge in [-0.1, -0.05) is 41.4 Å². The van der Waals surface area contributed by atoms with E-state index < -0.39 is 0 Å². The van der Waals surface area contributed by atoms with Crippen LogP contribution in [0.5, 0.6) is 0 Å². The van der Waals surface area contributed by atoms with Crippen LogP contribution in [-0.4, -0.2) is 10.9 Å². The number of hydrogen-bond donors (Lipinski definition) is 2. The molecule has 3 rings (SSSR count). The number of pyridine rings is 1. The number of amides is 1. The van der Waals surface area contributed by atoms with Crippen LogP contribution in [0.3, 0.4) is 0 Å². The molecule has 3 aromatic rings. The molecule has 132 valence electrons. The number of nitrogens with one attached hydrogen (secondary N) is 2. The number of hydrogen-bond acceptors (Lipinski definition) is 3. The molecule has 1 heterocycles. The van der Waals surface area contributed by atoms with Crippen molar-refractivity contribution in [2.24, 2.45) is 0 Å². The van der Waals surface area contributed by atoms with E-state index in [1.54, 1.807) is 6.20 Å². The summed E-state index contributed by atoms with van der Waals surface area (Å²) in [5.41, 5.74) is 4.78. The molecule has 0 unspecified atom stereocenters. The van der Waals surface area contributed by atoms with E-state index in [0.29, 0.717) is 22.9 Å². The molecule has 1 amide bonds. The Morgan fingerprint density at radius 2 is 1.92 bits per heavy atom. The van der Waals surface area contributed by atoms with Crippen molar-refractivity contribution in [1.82, 2.24) is 4.98 Å². The molecule has 0 aliphatic rings. The molecule has 0 atom stereocenters. The Balaban J connectivity index is 1.61. The lowest BCUT2D eigenvalue weighted by molar-refractivity contribution is -0.115. The number of aryl methyl sites for hydroxylation is 2. The first-order valence-electron chi connectivity index (χ1n) is 8.34. The number of rotatable bonds is 5. The maximum absolute atomic E-state index is 12.2. The monoisotopic (exact) mass is 365 g/mol. The number of anilines is 3. The first-order valence-corrected chi connectivity index (χ1v) is 8.72. The number of aromatic nitrogens is 1. The van der Waals surface area contributed by atoms with Gasteiger partial charge in [0.05, 0.1) is 18.3 Å². The van der Waals surface area contributed by atoms with E-state index in [-0.39, 0.29) is 5.91 Å². The van der Waals surface area contributed by atoms with Gasteiger partial charge in [0.1, 0.15) is 5.82 Å². The fraction of sp³-hybridized carbons (Fsp3) is 0.143. The smallest absolute Gasteiger partial charge is 0.228 e. The van der Waals surface area contributed by atoms with Crippen LogP contribution in [0.25, 0.3) is 0 Å². The van der Waals surface area contributed by atoms with E-state index in [0.717, 1.165) is 22.4 Å². The van der Waals surface area contributed by atoms with Gasteiger partial charge < -0.3 is 10.6 Å². The van der Waals surface area contributed by atoms with E-state index in [9.17, 15) is 4.79 Å². The summed E-state index contributed by atoms with van der Waals surface area (Å²) in [6, 6.07) is 17.2. The van der Waals surface area contributed by atoms with Crippen molar-refractivity contribution in [3.05, 3.63) is 82.5 Å². The number of nitrogens with zero attached hydrogens (tertiary/aromatic N) is 1. The van der Waals surface area contributed by atoms with E-state index in [4.69, 9.17) is 11.6 Å². The van der Waals surface area contributed by atoms with Crippen molar-refractivity contribution in [3.63, 3.8) is 0 Å². The maximum atomic E-state index is 12.2. The van der Waals surface area contributed by atoms with Gasteiger partial charge in [-0.3, -0.25) is 4.79 Å². The Hall–Kier alpha value is -2.85. The standard InChI is InChI=1S/C21H20ClN3O/c1-14-4-3-5-16(10-14)12-21(26)24-18-7-9-20(23-13-18)25-19-8-6-17(22)11-15(19)2/h3-11,13H,12H2,1-2H3,(H,23,25)(H,24,26). The van der Waals surface area contributed by atoms with Gasteiger partial charge in [0.15, 0.2) is 0 Å². The molecule has 26 heavy (non-hydrogen) atoms. The van der Waals surface area contributed by atoms with E-state index in [1.807, 2.05) is 68.4 Å². The van der Waals surface area contributed by atoms with Crippen LogP contribution < -0.4 is 10.6 Å². The minimum Gasteiger partial charge on any atom is -0.340 e. The first kappa shape index (κ1) is 18.0. The van der Waals surface area contributed by atoms with Gasteiger partial charge >= 0.3 is 0 Å². The lowest BCUT2D eigenvalue weighted by atomic mass is 10.1. The largest absolute Gasteiger partial charge is 0.340 e. The van der Waals surface area contributed by atoms with Crippen LogP contribution in [0.2, 0.25) is 5.02 Å². The van der Waals surface area contributed by atoms with Crippen LogP contribution in [0.4, 0.5) is 17.2 Å². The molecule has 2 N–H and O–H groups in total. The van der Waals surface area contributed by atoms with Crippen LogP contribution in [0.15, 0.2) is 60.8 Å². The van der Waals surface area contributed by atoms with Crippen molar-refractivity contribution in [2.75, 3.05) is 10.6 Å². The molecule has 2 aromatic carbocycles. The third-order valence-electron chi connectivity index (χ3n) is 3.95. The third kappa shape index (κ3) is 4.83. The molecule has 0 spiro atoms. The summed E-state index contributed by atoms with van der Waals surface area (Å²) in [6.07, 6.45) is 1.98. The fourth-order valence-corrected chi connectivity index (χ4v) is 2.89. The molecule has 5 heteroatoms. The molecule has 0 saturated heterocycles. The molecular formula is C21H20ClN3O.